The molecular weight excluding hydrogens is 317 g/mol. The summed E-state index contributed by atoms with van der Waals surface area (Å²) >= 11 is 12.3. The highest BCUT2D eigenvalue weighted by atomic mass is 35.5. The molecule has 0 heterocycles. The Morgan fingerprint density at radius 3 is 2.35 bits per heavy atom. The topological polar surface area (TPSA) is 46.2 Å². The van der Waals surface area contributed by atoms with Gasteiger partial charge in [0.25, 0.3) is 0 Å². The number of benzene rings is 1. The Balaban J connectivity index is 2.67. The number of nitrogens with one attached hydrogen (secondary N) is 1. The molecule has 1 aromatic rings. The summed E-state index contributed by atoms with van der Waals surface area (Å²) in [7, 11) is -2.90. The van der Waals surface area contributed by atoms with Crippen molar-refractivity contribution in [3.05, 3.63) is 33.8 Å². The molecule has 0 aliphatic heterocycles. The maximum absolute atomic E-state index is 11.2. The van der Waals surface area contributed by atoms with E-state index < -0.39 is 9.84 Å². The summed E-state index contributed by atoms with van der Waals surface area (Å²) in [5, 5.41) is 4.67. The fraction of sp³-hybridized carbons (Fsp3) is 0.571. The molecule has 0 aliphatic rings. The fourth-order valence-electron chi connectivity index (χ4n) is 2.13. The molecule has 1 unspecified atom stereocenters. The molecular formula is C14H21Cl2NO2S. The van der Waals surface area contributed by atoms with Crippen LogP contribution in [-0.4, -0.2) is 33.0 Å². The number of sulfone groups is 1. The zero-order chi connectivity index (χ0) is 15.2. The third-order valence-electron chi connectivity index (χ3n) is 3.07. The van der Waals surface area contributed by atoms with Crippen LogP contribution in [0.4, 0.5) is 0 Å². The van der Waals surface area contributed by atoms with Crippen LogP contribution in [0.5, 0.6) is 0 Å². The predicted molar refractivity (Wildman–Crippen MR) is 86.6 cm³/mol. The van der Waals surface area contributed by atoms with E-state index in [1.54, 1.807) is 0 Å². The average molecular weight is 338 g/mol. The maximum atomic E-state index is 11.2. The van der Waals surface area contributed by atoms with E-state index in [2.05, 4.69) is 5.32 Å². The van der Waals surface area contributed by atoms with Gasteiger partial charge in [-0.15, -0.1) is 0 Å². The van der Waals surface area contributed by atoms with Crippen molar-refractivity contribution in [1.29, 1.82) is 0 Å². The van der Waals surface area contributed by atoms with Gasteiger partial charge in [-0.25, -0.2) is 8.42 Å². The van der Waals surface area contributed by atoms with Crippen molar-refractivity contribution in [2.45, 2.75) is 32.2 Å². The molecule has 0 fully saturated rings. The third-order valence-corrected chi connectivity index (χ3v) is 4.81. The highest BCUT2D eigenvalue weighted by Gasteiger charge is 2.14. The standard InChI is InChI=1S/C14H21Cl2NO2S/c1-3-17-11(6-5-9-20(2,18)19)10-12-13(15)7-4-8-14(12)16/h4,7-8,11,17H,3,5-6,9-10H2,1-2H3. The summed E-state index contributed by atoms with van der Waals surface area (Å²) in [5.41, 5.74) is 0.918. The molecule has 1 N–H and O–H groups in total. The molecule has 1 rings (SSSR count). The summed E-state index contributed by atoms with van der Waals surface area (Å²) in [6.07, 6.45) is 3.39. The Morgan fingerprint density at radius 2 is 1.85 bits per heavy atom. The average Bonchev–Trinajstić information content (AvgIpc) is 2.32. The van der Waals surface area contributed by atoms with E-state index in [1.807, 2.05) is 25.1 Å². The van der Waals surface area contributed by atoms with Crippen molar-refractivity contribution < 1.29 is 8.42 Å². The highest BCUT2D eigenvalue weighted by molar-refractivity contribution is 7.90. The smallest absolute Gasteiger partial charge is 0.147 e. The summed E-state index contributed by atoms with van der Waals surface area (Å²) < 4.78 is 22.3. The van der Waals surface area contributed by atoms with E-state index >= 15 is 0 Å². The van der Waals surface area contributed by atoms with Gasteiger partial charge in [-0.05, 0) is 43.5 Å². The van der Waals surface area contributed by atoms with Crippen LogP contribution >= 0.6 is 23.2 Å². The Hall–Kier alpha value is -0.290. The molecule has 1 aromatic carbocycles. The Morgan fingerprint density at radius 1 is 1.25 bits per heavy atom. The van der Waals surface area contributed by atoms with Gasteiger partial charge in [0.2, 0.25) is 0 Å². The summed E-state index contributed by atoms with van der Waals surface area (Å²) in [5.74, 6) is 0.213. The van der Waals surface area contributed by atoms with Gasteiger partial charge in [-0.2, -0.15) is 0 Å². The Bertz CT molecular complexity index is 512. The van der Waals surface area contributed by atoms with Gasteiger partial charge in [0.1, 0.15) is 9.84 Å². The molecule has 0 saturated carbocycles. The van der Waals surface area contributed by atoms with Crippen LogP contribution < -0.4 is 5.32 Å². The van der Waals surface area contributed by atoms with Gasteiger partial charge < -0.3 is 5.32 Å². The Labute approximate surface area is 131 Å². The van der Waals surface area contributed by atoms with Crippen LogP contribution in [-0.2, 0) is 16.3 Å². The molecule has 0 saturated heterocycles. The van der Waals surface area contributed by atoms with Crippen molar-refractivity contribution in [2.75, 3.05) is 18.6 Å². The predicted octanol–water partition coefficient (Wildman–Crippen LogP) is 3.34. The van der Waals surface area contributed by atoms with E-state index in [1.165, 1.54) is 6.26 Å². The van der Waals surface area contributed by atoms with E-state index in [4.69, 9.17) is 23.2 Å². The van der Waals surface area contributed by atoms with Crippen molar-refractivity contribution in [1.82, 2.24) is 5.32 Å². The number of rotatable bonds is 8. The van der Waals surface area contributed by atoms with Gasteiger partial charge in [-0.3, -0.25) is 0 Å². The lowest BCUT2D eigenvalue weighted by Gasteiger charge is -2.19. The van der Waals surface area contributed by atoms with Crippen LogP contribution in [0.25, 0.3) is 0 Å². The van der Waals surface area contributed by atoms with Crippen molar-refractivity contribution in [3.63, 3.8) is 0 Å². The van der Waals surface area contributed by atoms with Crippen LogP contribution in [0.1, 0.15) is 25.3 Å². The van der Waals surface area contributed by atoms with E-state index in [9.17, 15) is 8.42 Å². The first kappa shape index (κ1) is 17.8. The molecule has 20 heavy (non-hydrogen) atoms. The van der Waals surface area contributed by atoms with Crippen LogP contribution in [0.3, 0.4) is 0 Å². The van der Waals surface area contributed by atoms with E-state index in [-0.39, 0.29) is 11.8 Å². The highest BCUT2D eigenvalue weighted by Crippen LogP contribution is 2.26. The zero-order valence-corrected chi connectivity index (χ0v) is 14.2. The quantitative estimate of drug-likeness (QED) is 0.791. The first-order valence-electron chi connectivity index (χ1n) is 6.67. The monoisotopic (exact) mass is 337 g/mol. The van der Waals surface area contributed by atoms with E-state index in [0.29, 0.717) is 22.9 Å². The largest absolute Gasteiger partial charge is 0.314 e. The summed E-state index contributed by atoms with van der Waals surface area (Å²) in [4.78, 5) is 0. The number of likely N-dealkylation sites (N-methyl/N-ethyl adjacent to an activating group) is 1. The second-order valence-electron chi connectivity index (χ2n) is 4.93. The molecule has 3 nitrogen and oxygen atoms in total. The molecule has 6 heteroatoms. The molecule has 114 valence electrons. The zero-order valence-electron chi connectivity index (χ0n) is 11.8. The second kappa shape index (κ2) is 8.23. The normalized spacial score (nSPS) is 13.4. The second-order valence-corrected chi connectivity index (χ2v) is 8.01. The first-order chi connectivity index (χ1) is 9.33. The van der Waals surface area contributed by atoms with Gasteiger partial charge in [0, 0.05) is 28.1 Å². The molecule has 0 aliphatic carbocycles. The molecule has 0 aromatic heterocycles. The van der Waals surface area contributed by atoms with Crippen molar-refractivity contribution in [3.8, 4) is 0 Å². The minimum absolute atomic E-state index is 0.180. The SMILES string of the molecule is CCNC(CCCS(C)(=O)=O)Cc1c(Cl)cccc1Cl. The molecule has 0 spiro atoms. The van der Waals surface area contributed by atoms with Crippen LogP contribution in [0, 0.1) is 0 Å². The van der Waals surface area contributed by atoms with Crippen molar-refractivity contribution >= 4 is 33.0 Å². The molecule has 0 bridgehead atoms. The minimum Gasteiger partial charge on any atom is -0.314 e. The fourth-order valence-corrected chi connectivity index (χ4v) is 3.37. The summed E-state index contributed by atoms with van der Waals surface area (Å²) in [6.45, 7) is 2.85. The van der Waals surface area contributed by atoms with Crippen molar-refractivity contribution in [2.24, 2.45) is 0 Å². The minimum atomic E-state index is -2.90. The Kier molecular flexibility index (Phi) is 7.30. The van der Waals surface area contributed by atoms with Gasteiger partial charge in [0.15, 0.2) is 0 Å². The lowest BCUT2D eigenvalue weighted by molar-refractivity contribution is 0.484. The van der Waals surface area contributed by atoms with Gasteiger partial charge in [0.05, 0.1) is 0 Å². The summed E-state index contributed by atoms with van der Waals surface area (Å²) in [6, 6.07) is 5.64. The van der Waals surface area contributed by atoms with Gasteiger partial charge in [-0.1, -0.05) is 36.2 Å². The van der Waals surface area contributed by atoms with Gasteiger partial charge >= 0.3 is 0 Å². The van der Waals surface area contributed by atoms with Crippen LogP contribution in [0.15, 0.2) is 18.2 Å². The molecule has 1 atom stereocenters. The third kappa shape index (κ3) is 6.44. The molecule has 0 amide bonds. The van der Waals surface area contributed by atoms with Crippen LogP contribution in [0.2, 0.25) is 10.0 Å². The lowest BCUT2D eigenvalue weighted by atomic mass is 10.0. The number of halogens is 2. The number of hydrogen-bond donors (Lipinski definition) is 1. The maximum Gasteiger partial charge on any atom is 0.147 e. The first-order valence-corrected chi connectivity index (χ1v) is 9.49. The number of hydrogen-bond acceptors (Lipinski definition) is 3. The lowest BCUT2D eigenvalue weighted by Crippen LogP contribution is -2.31. The van der Waals surface area contributed by atoms with E-state index in [0.717, 1.165) is 18.5 Å². The molecule has 0 radical (unpaired) electrons.